The molecule has 124 valence electrons. The van der Waals surface area contributed by atoms with Crippen molar-refractivity contribution in [2.45, 2.75) is 39.5 Å². The van der Waals surface area contributed by atoms with Gasteiger partial charge in [-0.3, -0.25) is 9.59 Å². The molecule has 3 rings (SSSR count). The molecule has 1 aromatic carbocycles. The summed E-state index contributed by atoms with van der Waals surface area (Å²) in [4.78, 5) is 29.0. The number of amides is 2. The minimum absolute atomic E-state index is 0.101. The number of nitrogens with zero attached hydrogens (tertiary/aromatic N) is 2. The molecule has 0 bridgehead atoms. The van der Waals surface area contributed by atoms with Crippen LogP contribution in [0, 0.1) is 19.8 Å². The van der Waals surface area contributed by atoms with Gasteiger partial charge in [-0.15, -0.1) is 0 Å². The van der Waals surface area contributed by atoms with Crippen molar-refractivity contribution in [2.24, 2.45) is 5.92 Å². The van der Waals surface area contributed by atoms with Crippen molar-refractivity contribution < 1.29 is 9.59 Å². The van der Waals surface area contributed by atoms with Gasteiger partial charge >= 0.3 is 0 Å². The van der Waals surface area contributed by atoms with Gasteiger partial charge in [0, 0.05) is 37.7 Å². The molecule has 2 fully saturated rings. The average Bonchev–Trinajstić information content (AvgIpc) is 3.07. The maximum absolute atomic E-state index is 12.7. The fourth-order valence-corrected chi connectivity index (χ4v) is 3.81. The van der Waals surface area contributed by atoms with E-state index in [2.05, 4.69) is 6.07 Å². The lowest BCUT2D eigenvalue weighted by Crippen LogP contribution is -2.43. The molecule has 2 amide bonds. The number of carbonyl (C=O) groups is 2. The quantitative estimate of drug-likeness (QED) is 0.842. The van der Waals surface area contributed by atoms with Crippen LogP contribution < -0.4 is 0 Å². The topological polar surface area (TPSA) is 40.6 Å². The second kappa shape index (κ2) is 6.73. The summed E-state index contributed by atoms with van der Waals surface area (Å²) in [5, 5.41) is 0. The predicted octanol–water partition coefficient (Wildman–Crippen LogP) is 2.78. The zero-order valence-corrected chi connectivity index (χ0v) is 14.2. The maximum Gasteiger partial charge on any atom is 0.253 e. The Morgan fingerprint density at radius 3 is 2.00 bits per heavy atom. The third-order valence-corrected chi connectivity index (χ3v) is 5.02. The van der Waals surface area contributed by atoms with Gasteiger partial charge in [0.1, 0.15) is 0 Å². The van der Waals surface area contributed by atoms with Crippen LogP contribution in [-0.2, 0) is 4.79 Å². The van der Waals surface area contributed by atoms with Gasteiger partial charge in [0.25, 0.3) is 5.91 Å². The monoisotopic (exact) mass is 314 g/mol. The third-order valence-electron chi connectivity index (χ3n) is 5.02. The van der Waals surface area contributed by atoms with Crippen LogP contribution in [0.25, 0.3) is 0 Å². The van der Waals surface area contributed by atoms with E-state index in [1.807, 2.05) is 35.8 Å². The number of piperidine rings is 1. The lowest BCUT2D eigenvalue weighted by atomic mass is 9.94. The van der Waals surface area contributed by atoms with Crippen molar-refractivity contribution in [3.63, 3.8) is 0 Å². The fourth-order valence-electron chi connectivity index (χ4n) is 3.81. The molecule has 0 saturated carbocycles. The predicted molar refractivity (Wildman–Crippen MR) is 90.4 cm³/mol. The van der Waals surface area contributed by atoms with Gasteiger partial charge in [0.15, 0.2) is 0 Å². The molecular formula is C19H26N2O2. The van der Waals surface area contributed by atoms with Gasteiger partial charge in [-0.1, -0.05) is 17.2 Å². The van der Waals surface area contributed by atoms with Gasteiger partial charge in [0.05, 0.1) is 0 Å². The van der Waals surface area contributed by atoms with Crippen LogP contribution in [0.2, 0.25) is 0 Å². The molecule has 2 saturated heterocycles. The maximum atomic E-state index is 12.7. The second-order valence-electron chi connectivity index (χ2n) is 6.98. The van der Waals surface area contributed by atoms with E-state index in [1.54, 1.807) is 0 Å². The molecule has 23 heavy (non-hydrogen) atoms. The molecule has 0 N–H and O–H groups in total. The molecule has 4 heteroatoms. The van der Waals surface area contributed by atoms with E-state index in [4.69, 9.17) is 0 Å². The van der Waals surface area contributed by atoms with Crippen molar-refractivity contribution in [1.29, 1.82) is 0 Å². The molecule has 2 aliphatic rings. The first-order valence-corrected chi connectivity index (χ1v) is 8.71. The van der Waals surface area contributed by atoms with Gasteiger partial charge in [-0.2, -0.15) is 0 Å². The van der Waals surface area contributed by atoms with E-state index in [0.29, 0.717) is 19.0 Å². The minimum atomic E-state index is 0.101. The number of carbonyl (C=O) groups excluding carboxylic acids is 2. The molecule has 0 aliphatic carbocycles. The summed E-state index contributed by atoms with van der Waals surface area (Å²) in [5.74, 6) is 0.515. The SMILES string of the molecule is Cc1cc(C)cc(C(=O)N2CCC(C(=O)N3CCCC3)CC2)c1. The third kappa shape index (κ3) is 3.57. The molecule has 0 spiro atoms. The van der Waals surface area contributed by atoms with E-state index in [-0.39, 0.29) is 11.8 Å². The van der Waals surface area contributed by atoms with E-state index in [0.717, 1.165) is 55.5 Å². The second-order valence-corrected chi connectivity index (χ2v) is 6.98. The highest BCUT2D eigenvalue weighted by Crippen LogP contribution is 2.23. The van der Waals surface area contributed by atoms with Crippen molar-refractivity contribution in [3.05, 3.63) is 34.9 Å². The number of benzene rings is 1. The van der Waals surface area contributed by atoms with Gasteiger partial charge in [0.2, 0.25) is 5.91 Å². The van der Waals surface area contributed by atoms with Crippen molar-refractivity contribution in [3.8, 4) is 0 Å². The van der Waals surface area contributed by atoms with Crippen LogP contribution >= 0.6 is 0 Å². The van der Waals surface area contributed by atoms with Crippen LogP contribution in [0.4, 0.5) is 0 Å². The number of hydrogen-bond donors (Lipinski definition) is 0. The first-order chi connectivity index (χ1) is 11.0. The van der Waals surface area contributed by atoms with Crippen LogP contribution in [0.3, 0.4) is 0 Å². The standard InChI is InChI=1S/C19H26N2O2/c1-14-11-15(2)13-17(12-14)19(23)21-9-5-16(6-10-21)18(22)20-7-3-4-8-20/h11-13,16H,3-10H2,1-2H3. The zero-order chi connectivity index (χ0) is 16.4. The number of likely N-dealkylation sites (tertiary alicyclic amines) is 2. The highest BCUT2D eigenvalue weighted by atomic mass is 16.2. The van der Waals surface area contributed by atoms with Crippen LogP contribution in [0.5, 0.6) is 0 Å². The summed E-state index contributed by atoms with van der Waals surface area (Å²) >= 11 is 0. The number of aryl methyl sites for hydroxylation is 2. The van der Waals surface area contributed by atoms with E-state index in [9.17, 15) is 9.59 Å². The summed E-state index contributed by atoms with van der Waals surface area (Å²) in [6.45, 7) is 7.25. The Morgan fingerprint density at radius 2 is 1.43 bits per heavy atom. The molecule has 1 aromatic rings. The molecule has 2 aliphatic heterocycles. The Morgan fingerprint density at radius 1 is 0.870 bits per heavy atom. The number of hydrogen-bond acceptors (Lipinski definition) is 2. The molecule has 0 aromatic heterocycles. The Bertz CT molecular complexity index is 577. The Hall–Kier alpha value is -1.84. The summed E-state index contributed by atoms with van der Waals surface area (Å²) < 4.78 is 0. The summed E-state index contributed by atoms with van der Waals surface area (Å²) in [7, 11) is 0. The Labute approximate surface area is 138 Å². The molecule has 4 nitrogen and oxygen atoms in total. The first kappa shape index (κ1) is 16.0. The average molecular weight is 314 g/mol. The van der Waals surface area contributed by atoms with E-state index >= 15 is 0 Å². The highest BCUT2D eigenvalue weighted by Gasteiger charge is 2.31. The molecule has 2 heterocycles. The smallest absolute Gasteiger partial charge is 0.253 e. The summed E-state index contributed by atoms with van der Waals surface area (Å²) in [6.07, 6.45) is 3.86. The lowest BCUT2D eigenvalue weighted by Gasteiger charge is -2.33. The summed E-state index contributed by atoms with van der Waals surface area (Å²) in [5.41, 5.74) is 3.01. The van der Waals surface area contributed by atoms with Crippen LogP contribution in [0.15, 0.2) is 18.2 Å². The van der Waals surface area contributed by atoms with Crippen molar-refractivity contribution >= 4 is 11.8 Å². The van der Waals surface area contributed by atoms with Gasteiger partial charge in [-0.05, 0) is 51.7 Å². The van der Waals surface area contributed by atoms with Crippen LogP contribution in [0.1, 0.15) is 47.2 Å². The Balaban J connectivity index is 1.59. The minimum Gasteiger partial charge on any atom is -0.342 e. The van der Waals surface area contributed by atoms with E-state index in [1.165, 1.54) is 0 Å². The van der Waals surface area contributed by atoms with Crippen molar-refractivity contribution in [2.75, 3.05) is 26.2 Å². The van der Waals surface area contributed by atoms with Crippen molar-refractivity contribution in [1.82, 2.24) is 9.80 Å². The molecular weight excluding hydrogens is 288 g/mol. The highest BCUT2D eigenvalue weighted by molar-refractivity contribution is 5.94. The zero-order valence-electron chi connectivity index (χ0n) is 14.2. The largest absolute Gasteiger partial charge is 0.342 e. The fraction of sp³-hybridized carbons (Fsp3) is 0.579. The first-order valence-electron chi connectivity index (χ1n) is 8.71. The summed E-state index contributed by atoms with van der Waals surface area (Å²) in [6, 6.07) is 5.99. The molecule has 0 atom stereocenters. The van der Waals surface area contributed by atoms with Crippen LogP contribution in [-0.4, -0.2) is 47.8 Å². The van der Waals surface area contributed by atoms with Gasteiger partial charge in [-0.25, -0.2) is 0 Å². The number of rotatable bonds is 2. The molecule has 0 radical (unpaired) electrons. The van der Waals surface area contributed by atoms with E-state index < -0.39 is 0 Å². The normalized spacial score (nSPS) is 19.2. The Kier molecular flexibility index (Phi) is 4.69. The van der Waals surface area contributed by atoms with Gasteiger partial charge < -0.3 is 9.80 Å². The lowest BCUT2D eigenvalue weighted by molar-refractivity contribution is -0.135. The molecule has 0 unspecified atom stereocenters.